The van der Waals surface area contributed by atoms with E-state index in [2.05, 4.69) is 9.47 Å². The molecule has 3 nitrogen and oxygen atoms in total. The van der Waals surface area contributed by atoms with E-state index in [0.29, 0.717) is 28.0 Å². The molecular formula is C14H7ClF2O3. The fraction of sp³-hybridized carbons (Fsp3) is 0.0714. The summed E-state index contributed by atoms with van der Waals surface area (Å²) in [4.78, 5) is 10.8. The Morgan fingerprint density at radius 1 is 1.00 bits per heavy atom. The zero-order valence-corrected chi connectivity index (χ0v) is 10.7. The van der Waals surface area contributed by atoms with Gasteiger partial charge in [-0.2, -0.15) is 0 Å². The number of alkyl halides is 2. The average molecular weight is 297 g/mol. The Morgan fingerprint density at radius 2 is 1.75 bits per heavy atom. The van der Waals surface area contributed by atoms with E-state index in [0.717, 1.165) is 0 Å². The Labute approximate surface area is 117 Å². The number of hydrogen-bond donors (Lipinski definition) is 0. The molecule has 0 unspecified atom stereocenters. The van der Waals surface area contributed by atoms with Gasteiger partial charge in [0.05, 0.1) is 0 Å². The molecule has 0 spiro atoms. The number of fused-ring (bicyclic) bond motifs is 1. The van der Waals surface area contributed by atoms with Crippen molar-refractivity contribution < 1.29 is 23.0 Å². The van der Waals surface area contributed by atoms with E-state index in [1.54, 1.807) is 18.2 Å². The van der Waals surface area contributed by atoms with Crippen LogP contribution in [0.3, 0.4) is 0 Å². The smallest absolute Gasteiger partial charge is 0.395 e. The van der Waals surface area contributed by atoms with Gasteiger partial charge >= 0.3 is 6.29 Å². The summed E-state index contributed by atoms with van der Waals surface area (Å²) in [5.41, 5.74) is 1.62. The van der Waals surface area contributed by atoms with Crippen molar-refractivity contribution in [1.82, 2.24) is 0 Å². The maximum Gasteiger partial charge on any atom is 0.586 e. The fourth-order valence-electron chi connectivity index (χ4n) is 1.98. The largest absolute Gasteiger partial charge is 0.586 e. The molecule has 20 heavy (non-hydrogen) atoms. The SMILES string of the molecule is O=Cc1cc(Cl)cc(-c2ccc3c(c2)OC(F)(F)O3)c1. The van der Waals surface area contributed by atoms with E-state index in [9.17, 15) is 13.6 Å². The second-order valence-corrected chi connectivity index (χ2v) is 4.66. The zero-order chi connectivity index (χ0) is 14.3. The summed E-state index contributed by atoms with van der Waals surface area (Å²) in [6.45, 7) is 0. The first kappa shape index (κ1) is 12.9. The molecule has 1 aliphatic rings. The molecule has 0 saturated carbocycles. The Hall–Kier alpha value is -2.14. The van der Waals surface area contributed by atoms with E-state index in [-0.39, 0.29) is 11.5 Å². The first-order valence-electron chi connectivity index (χ1n) is 5.63. The normalized spacial score (nSPS) is 15.2. The van der Waals surface area contributed by atoms with Crippen molar-refractivity contribution in [3.8, 4) is 22.6 Å². The lowest BCUT2D eigenvalue weighted by atomic mass is 10.0. The molecule has 0 saturated heterocycles. The van der Waals surface area contributed by atoms with Crippen molar-refractivity contribution >= 4 is 17.9 Å². The summed E-state index contributed by atoms with van der Waals surface area (Å²) in [6.07, 6.45) is -2.99. The van der Waals surface area contributed by atoms with Crippen LogP contribution in [0, 0.1) is 0 Å². The van der Waals surface area contributed by atoms with Crippen molar-refractivity contribution in [2.75, 3.05) is 0 Å². The van der Waals surface area contributed by atoms with Crippen LogP contribution < -0.4 is 9.47 Å². The molecule has 2 aromatic carbocycles. The molecular weight excluding hydrogens is 290 g/mol. The van der Waals surface area contributed by atoms with Crippen LogP contribution in [-0.2, 0) is 0 Å². The van der Waals surface area contributed by atoms with E-state index in [4.69, 9.17) is 11.6 Å². The predicted octanol–water partition coefficient (Wildman–Crippen LogP) is 4.14. The predicted molar refractivity (Wildman–Crippen MR) is 68.5 cm³/mol. The molecule has 3 rings (SSSR count). The van der Waals surface area contributed by atoms with Crippen molar-refractivity contribution in [1.29, 1.82) is 0 Å². The second kappa shape index (κ2) is 4.45. The molecule has 1 heterocycles. The van der Waals surface area contributed by atoms with Gasteiger partial charge in [-0.05, 0) is 41.5 Å². The summed E-state index contributed by atoms with van der Waals surface area (Å²) in [6, 6.07) is 9.13. The molecule has 0 amide bonds. The van der Waals surface area contributed by atoms with E-state index < -0.39 is 6.29 Å². The van der Waals surface area contributed by atoms with Gasteiger partial charge in [-0.3, -0.25) is 4.79 Å². The third-order valence-corrected chi connectivity index (χ3v) is 3.01. The van der Waals surface area contributed by atoms with Gasteiger partial charge in [0.1, 0.15) is 6.29 Å². The second-order valence-electron chi connectivity index (χ2n) is 4.22. The fourth-order valence-corrected chi connectivity index (χ4v) is 2.22. The molecule has 0 atom stereocenters. The highest BCUT2D eigenvalue weighted by Crippen LogP contribution is 2.43. The quantitative estimate of drug-likeness (QED) is 0.781. The number of aldehydes is 1. The van der Waals surface area contributed by atoms with E-state index in [1.165, 1.54) is 18.2 Å². The van der Waals surface area contributed by atoms with E-state index >= 15 is 0 Å². The van der Waals surface area contributed by atoms with Gasteiger partial charge < -0.3 is 9.47 Å². The molecule has 2 aromatic rings. The van der Waals surface area contributed by atoms with Crippen LogP contribution in [0.5, 0.6) is 11.5 Å². The summed E-state index contributed by atoms with van der Waals surface area (Å²) in [7, 11) is 0. The summed E-state index contributed by atoms with van der Waals surface area (Å²) < 4.78 is 34.6. The molecule has 0 bridgehead atoms. The molecule has 1 aliphatic heterocycles. The van der Waals surface area contributed by atoms with Gasteiger partial charge in [0.25, 0.3) is 0 Å². The first-order chi connectivity index (χ1) is 9.47. The number of ether oxygens (including phenoxy) is 2. The molecule has 0 fully saturated rings. The monoisotopic (exact) mass is 296 g/mol. The van der Waals surface area contributed by atoms with E-state index in [1.807, 2.05) is 0 Å². The van der Waals surface area contributed by atoms with Crippen LogP contribution in [0.2, 0.25) is 5.02 Å². The van der Waals surface area contributed by atoms with Crippen molar-refractivity contribution in [3.05, 3.63) is 47.0 Å². The van der Waals surface area contributed by atoms with Gasteiger partial charge in [0.15, 0.2) is 11.5 Å². The minimum absolute atomic E-state index is 0.0311. The van der Waals surface area contributed by atoms with Crippen LogP contribution in [0.25, 0.3) is 11.1 Å². The molecule has 0 aromatic heterocycles. The Morgan fingerprint density at radius 3 is 2.50 bits per heavy atom. The van der Waals surface area contributed by atoms with Crippen LogP contribution in [0.1, 0.15) is 10.4 Å². The standard InChI is InChI=1S/C14H7ClF2O3/c15-11-4-8(7-18)3-10(5-11)9-1-2-12-13(6-9)20-14(16,17)19-12/h1-7H. The third-order valence-electron chi connectivity index (χ3n) is 2.79. The highest BCUT2D eigenvalue weighted by molar-refractivity contribution is 6.31. The lowest BCUT2D eigenvalue weighted by molar-refractivity contribution is -0.286. The highest BCUT2D eigenvalue weighted by atomic mass is 35.5. The van der Waals surface area contributed by atoms with Crippen LogP contribution in [0.4, 0.5) is 8.78 Å². The minimum Gasteiger partial charge on any atom is -0.395 e. The number of carbonyl (C=O) groups excluding carboxylic acids is 1. The molecule has 102 valence electrons. The van der Waals surface area contributed by atoms with Gasteiger partial charge in [0.2, 0.25) is 0 Å². The Balaban J connectivity index is 2.05. The highest BCUT2D eigenvalue weighted by Gasteiger charge is 2.43. The van der Waals surface area contributed by atoms with Crippen molar-refractivity contribution in [2.45, 2.75) is 6.29 Å². The molecule has 0 radical (unpaired) electrons. The number of rotatable bonds is 2. The van der Waals surface area contributed by atoms with Gasteiger partial charge in [-0.25, -0.2) is 0 Å². The maximum absolute atomic E-state index is 12.9. The summed E-state index contributed by atoms with van der Waals surface area (Å²) >= 11 is 5.91. The number of hydrogen-bond acceptors (Lipinski definition) is 3. The summed E-state index contributed by atoms with van der Waals surface area (Å²) in [5.74, 6) is -0.0866. The third kappa shape index (κ3) is 2.32. The molecule has 0 aliphatic carbocycles. The van der Waals surface area contributed by atoms with Crippen molar-refractivity contribution in [3.63, 3.8) is 0 Å². The lowest BCUT2D eigenvalue weighted by Gasteiger charge is -2.05. The Kier molecular flexibility index (Phi) is 2.87. The molecule has 0 N–H and O–H groups in total. The maximum atomic E-state index is 12.9. The number of benzene rings is 2. The van der Waals surface area contributed by atoms with Crippen molar-refractivity contribution in [2.24, 2.45) is 0 Å². The zero-order valence-electron chi connectivity index (χ0n) is 9.90. The van der Waals surface area contributed by atoms with Gasteiger partial charge in [-0.15, -0.1) is 8.78 Å². The van der Waals surface area contributed by atoms with Crippen LogP contribution >= 0.6 is 11.6 Å². The Bertz CT molecular complexity index is 701. The van der Waals surface area contributed by atoms with Crippen LogP contribution in [0.15, 0.2) is 36.4 Å². The first-order valence-corrected chi connectivity index (χ1v) is 6.01. The van der Waals surface area contributed by atoms with Gasteiger partial charge in [-0.1, -0.05) is 17.7 Å². The number of carbonyl (C=O) groups is 1. The topological polar surface area (TPSA) is 35.5 Å². The van der Waals surface area contributed by atoms with Crippen LogP contribution in [-0.4, -0.2) is 12.6 Å². The number of halogens is 3. The minimum atomic E-state index is -3.65. The molecule has 6 heteroatoms. The lowest BCUT2D eigenvalue weighted by Crippen LogP contribution is -2.25. The van der Waals surface area contributed by atoms with Gasteiger partial charge in [0, 0.05) is 10.6 Å². The average Bonchev–Trinajstić information content (AvgIpc) is 2.70. The summed E-state index contributed by atoms with van der Waals surface area (Å²) in [5, 5.41) is 0.382.